The number of nitrogens with zero attached hydrogens (tertiary/aromatic N) is 3. The van der Waals surface area contributed by atoms with Crippen molar-refractivity contribution in [3.05, 3.63) is 62.7 Å². The Balaban J connectivity index is 1.15. The fraction of sp³-hybridized carbons (Fsp3) is 0.500. The van der Waals surface area contributed by atoms with Crippen molar-refractivity contribution in [3.8, 4) is 0 Å². The number of benzene rings is 1. The number of carbonyl (C=O) groups is 1. The van der Waals surface area contributed by atoms with Crippen LogP contribution in [0.4, 0.5) is 4.79 Å². The summed E-state index contributed by atoms with van der Waals surface area (Å²) in [6.45, 7) is 3.42. The number of rotatable bonds is 4. The number of fused-ring (bicyclic) bond motifs is 1. The second kappa shape index (κ2) is 7.81. The van der Waals surface area contributed by atoms with Crippen molar-refractivity contribution in [2.24, 2.45) is 5.92 Å². The molecule has 1 N–H and O–H groups in total. The molecule has 1 saturated heterocycles. The fourth-order valence-corrected chi connectivity index (χ4v) is 5.56. The summed E-state index contributed by atoms with van der Waals surface area (Å²) in [4.78, 5) is 36.2. The number of nitrogens with one attached hydrogen (secondary N) is 1. The standard InChI is InChI=1S/C22H25BrN4O3/c23-17-13-24-20(25-19(17)28)22-10-16(11-22)18(12-22)26-6-8-27(9-7-26)21(29)30-14-15-4-2-1-3-5-15/h1-5,13,16,18H,6-12,14H2,(H,24,25,28). The van der Waals surface area contributed by atoms with Crippen molar-refractivity contribution >= 4 is 22.0 Å². The predicted molar refractivity (Wildman–Crippen MR) is 115 cm³/mol. The van der Waals surface area contributed by atoms with Gasteiger partial charge in [-0.25, -0.2) is 9.78 Å². The van der Waals surface area contributed by atoms with E-state index < -0.39 is 0 Å². The van der Waals surface area contributed by atoms with E-state index >= 15 is 0 Å². The lowest BCUT2D eigenvalue weighted by Crippen LogP contribution is -2.52. The van der Waals surface area contributed by atoms with Gasteiger partial charge in [0.1, 0.15) is 16.9 Å². The van der Waals surface area contributed by atoms with Gasteiger partial charge >= 0.3 is 6.09 Å². The molecule has 0 spiro atoms. The summed E-state index contributed by atoms with van der Waals surface area (Å²) in [6.07, 6.45) is 4.58. The Morgan fingerprint density at radius 3 is 2.60 bits per heavy atom. The number of aromatic amines is 1. The van der Waals surface area contributed by atoms with E-state index in [2.05, 4.69) is 30.8 Å². The fourth-order valence-electron chi connectivity index (χ4n) is 5.36. The van der Waals surface area contributed by atoms with Crippen LogP contribution in [0.25, 0.3) is 0 Å². The van der Waals surface area contributed by atoms with Crippen LogP contribution < -0.4 is 5.56 Å². The van der Waals surface area contributed by atoms with Gasteiger partial charge in [-0.1, -0.05) is 30.3 Å². The number of amides is 1. The van der Waals surface area contributed by atoms with Gasteiger partial charge in [0, 0.05) is 43.8 Å². The van der Waals surface area contributed by atoms with Crippen LogP contribution >= 0.6 is 15.9 Å². The predicted octanol–water partition coefficient (Wildman–Crippen LogP) is 2.91. The monoisotopic (exact) mass is 472 g/mol. The molecule has 7 nitrogen and oxygen atoms in total. The van der Waals surface area contributed by atoms with E-state index in [0.29, 0.717) is 36.1 Å². The van der Waals surface area contributed by atoms with E-state index in [-0.39, 0.29) is 17.1 Å². The SMILES string of the molecule is O=C(OCc1ccccc1)N1CCN(C2CC3(c4ncc(Br)c(=O)[nH]4)CC2C3)CC1. The van der Waals surface area contributed by atoms with Crippen molar-refractivity contribution in [2.45, 2.75) is 37.3 Å². The molecule has 3 aliphatic carbocycles. The molecule has 2 aromatic rings. The van der Waals surface area contributed by atoms with Gasteiger partial charge in [0.25, 0.3) is 5.56 Å². The highest BCUT2D eigenvalue weighted by molar-refractivity contribution is 9.10. The lowest BCUT2D eigenvalue weighted by atomic mass is 9.69. The van der Waals surface area contributed by atoms with E-state index in [4.69, 9.17) is 4.74 Å². The lowest BCUT2D eigenvalue weighted by molar-refractivity contribution is 0.0538. The number of aromatic nitrogens is 2. The molecule has 1 unspecified atom stereocenters. The molecule has 4 aliphatic rings. The van der Waals surface area contributed by atoms with Crippen LogP contribution in [-0.4, -0.2) is 58.1 Å². The molecule has 8 heteroatoms. The Bertz CT molecular complexity index is 981. The number of hydrogen-bond donors (Lipinski definition) is 1. The van der Waals surface area contributed by atoms with Gasteiger partial charge < -0.3 is 14.6 Å². The Morgan fingerprint density at radius 1 is 1.17 bits per heavy atom. The van der Waals surface area contributed by atoms with E-state index in [1.165, 1.54) is 0 Å². The zero-order valence-corrected chi connectivity index (χ0v) is 18.3. The summed E-state index contributed by atoms with van der Waals surface area (Å²) >= 11 is 3.23. The molecule has 4 fully saturated rings. The van der Waals surface area contributed by atoms with Crippen molar-refractivity contribution in [1.29, 1.82) is 0 Å². The maximum atomic E-state index is 12.4. The van der Waals surface area contributed by atoms with E-state index in [9.17, 15) is 9.59 Å². The zero-order valence-electron chi connectivity index (χ0n) is 16.7. The van der Waals surface area contributed by atoms with Crippen LogP contribution in [0.15, 0.2) is 45.8 Å². The van der Waals surface area contributed by atoms with Gasteiger partial charge in [0.15, 0.2) is 0 Å². The largest absolute Gasteiger partial charge is 0.445 e. The van der Waals surface area contributed by atoms with Crippen LogP contribution in [0, 0.1) is 5.92 Å². The van der Waals surface area contributed by atoms with Gasteiger partial charge in [0.2, 0.25) is 0 Å². The van der Waals surface area contributed by atoms with Crippen LogP contribution in [0.5, 0.6) is 0 Å². The molecule has 1 aromatic carbocycles. The summed E-state index contributed by atoms with van der Waals surface area (Å²) in [5.74, 6) is 1.48. The number of ether oxygens (including phenoxy) is 1. The van der Waals surface area contributed by atoms with Gasteiger partial charge in [-0.2, -0.15) is 0 Å². The number of piperazine rings is 1. The third-order valence-corrected chi connectivity index (χ3v) is 7.52. The van der Waals surface area contributed by atoms with Crippen molar-refractivity contribution in [2.75, 3.05) is 26.2 Å². The topological polar surface area (TPSA) is 78.5 Å². The maximum Gasteiger partial charge on any atom is 0.410 e. The second-order valence-electron chi connectivity index (χ2n) is 8.69. The minimum Gasteiger partial charge on any atom is -0.445 e. The third-order valence-electron chi connectivity index (χ3n) is 6.95. The molecule has 2 bridgehead atoms. The summed E-state index contributed by atoms with van der Waals surface area (Å²) in [5.41, 5.74) is 0.907. The Labute approximate surface area is 183 Å². The molecular formula is C22H25BrN4O3. The summed E-state index contributed by atoms with van der Waals surface area (Å²) < 4.78 is 5.95. The third kappa shape index (κ3) is 3.56. The zero-order chi connectivity index (χ0) is 20.7. The van der Waals surface area contributed by atoms with Crippen molar-refractivity contribution < 1.29 is 9.53 Å². The summed E-state index contributed by atoms with van der Waals surface area (Å²) in [5, 5.41) is 0. The number of H-pyrrole nitrogens is 1. The second-order valence-corrected chi connectivity index (χ2v) is 9.55. The molecule has 3 saturated carbocycles. The molecule has 1 aliphatic heterocycles. The quantitative estimate of drug-likeness (QED) is 0.739. The van der Waals surface area contributed by atoms with Gasteiger partial charge in [-0.05, 0) is 46.7 Å². The maximum absolute atomic E-state index is 12.4. The normalized spacial score (nSPS) is 28.2. The Morgan fingerprint density at radius 2 is 1.90 bits per heavy atom. The molecule has 1 amide bonds. The van der Waals surface area contributed by atoms with Crippen LogP contribution in [0.1, 0.15) is 30.7 Å². The minimum atomic E-state index is -0.234. The van der Waals surface area contributed by atoms with E-state index in [1.807, 2.05) is 35.2 Å². The average Bonchev–Trinajstić information content (AvgIpc) is 3.32. The van der Waals surface area contributed by atoms with Crippen LogP contribution in [0.3, 0.4) is 0 Å². The van der Waals surface area contributed by atoms with Gasteiger partial charge in [-0.15, -0.1) is 0 Å². The molecule has 158 valence electrons. The van der Waals surface area contributed by atoms with Crippen LogP contribution in [0.2, 0.25) is 0 Å². The molecule has 6 rings (SSSR count). The molecule has 30 heavy (non-hydrogen) atoms. The molecule has 1 atom stereocenters. The number of carbonyl (C=O) groups excluding carboxylic acids is 1. The lowest BCUT2D eigenvalue weighted by Gasteiger charge is -2.40. The van der Waals surface area contributed by atoms with Crippen molar-refractivity contribution in [3.63, 3.8) is 0 Å². The highest BCUT2D eigenvalue weighted by Gasteiger charge is 2.59. The van der Waals surface area contributed by atoms with E-state index in [0.717, 1.165) is 43.7 Å². The summed E-state index contributed by atoms with van der Waals surface area (Å²) in [7, 11) is 0. The summed E-state index contributed by atoms with van der Waals surface area (Å²) in [6, 6.07) is 10.3. The first-order valence-corrected chi connectivity index (χ1v) is 11.3. The Hall–Kier alpha value is -2.19. The average molecular weight is 473 g/mol. The highest BCUT2D eigenvalue weighted by Crippen LogP contribution is 2.60. The minimum absolute atomic E-state index is 0.0148. The first kappa shape index (κ1) is 19.8. The van der Waals surface area contributed by atoms with Gasteiger partial charge in [0.05, 0.1) is 0 Å². The van der Waals surface area contributed by atoms with Gasteiger partial charge in [-0.3, -0.25) is 9.69 Å². The molecule has 2 heterocycles. The molecule has 0 radical (unpaired) electrons. The first-order chi connectivity index (χ1) is 14.5. The van der Waals surface area contributed by atoms with E-state index in [1.54, 1.807) is 6.20 Å². The molecule has 1 aromatic heterocycles. The number of hydrogen-bond acceptors (Lipinski definition) is 5. The van der Waals surface area contributed by atoms with Crippen molar-refractivity contribution in [1.82, 2.24) is 19.8 Å². The smallest absolute Gasteiger partial charge is 0.410 e. The Kier molecular flexibility index (Phi) is 5.14. The highest BCUT2D eigenvalue weighted by atomic mass is 79.9. The number of halogens is 1. The molecular weight excluding hydrogens is 448 g/mol. The first-order valence-electron chi connectivity index (χ1n) is 10.5. The van der Waals surface area contributed by atoms with Crippen LogP contribution in [-0.2, 0) is 16.8 Å².